The monoisotopic (exact) mass is 313 g/mol. The average Bonchev–Trinajstić information content (AvgIpc) is 2.93. The SMILES string of the molecule is C=C1C2CC3C4N5C[C@]6(C)CCC[C@@]47C6C5C[C@]3(C1O)C7C2O. The van der Waals surface area contributed by atoms with Crippen LogP contribution < -0.4 is 0 Å². The van der Waals surface area contributed by atoms with Gasteiger partial charge in [0.05, 0.1) is 12.2 Å². The van der Waals surface area contributed by atoms with Crippen molar-refractivity contribution >= 4 is 0 Å². The number of aliphatic hydroxyl groups excluding tert-OH is 2. The van der Waals surface area contributed by atoms with Crippen molar-refractivity contribution < 1.29 is 10.2 Å². The Bertz CT molecular complexity index is 677. The lowest BCUT2D eigenvalue weighted by atomic mass is 9.39. The lowest BCUT2D eigenvalue weighted by molar-refractivity contribution is -0.213. The van der Waals surface area contributed by atoms with Crippen LogP contribution in [-0.4, -0.2) is 45.9 Å². The van der Waals surface area contributed by atoms with Crippen LogP contribution in [0.5, 0.6) is 0 Å². The lowest BCUT2D eigenvalue weighted by Crippen LogP contribution is -2.68. The van der Waals surface area contributed by atoms with Crippen LogP contribution in [0.2, 0.25) is 0 Å². The van der Waals surface area contributed by atoms with Crippen molar-refractivity contribution in [3.8, 4) is 0 Å². The lowest BCUT2D eigenvalue weighted by Gasteiger charge is -2.66. The fourth-order valence-corrected chi connectivity index (χ4v) is 10.5. The third-order valence-corrected chi connectivity index (χ3v) is 10.3. The van der Waals surface area contributed by atoms with Crippen LogP contribution in [-0.2, 0) is 0 Å². The summed E-state index contributed by atoms with van der Waals surface area (Å²) < 4.78 is 0. The number of hydrogen-bond acceptors (Lipinski definition) is 3. The third-order valence-electron chi connectivity index (χ3n) is 10.3. The molecule has 9 unspecified atom stereocenters. The van der Waals surface area contributed by atoms with Gasteiger partial charge in [0.2, 0.25) is 0 Å². The molecule has 9 fully saturated rings. The second-order valence-corrected chi connectivity index (χ2v) is 10.5. The summed E-state index contributed by atoms with van der Waals surface area (Å²) in [6.07, 6.45) is 5.64. The normalized spacial score (nSPS) is 75.6. The van der Waals surface area contributed by atoms with Crippen LogP contribution in [0, 0.1) is 39.9 Å². The minimum Gasteiger partial charge on any atom is -0.392 e. The van der Waals surface area contributed by atoms with Crippen molar-refractivity contribution in [2.75, 3.05) is 6.54 Å². The zero-order valence-corrected chi connectivity index (χ0v) is 13.9. The Morgan fingerprint density at radius 3 is 2.83 bits per heavy atom. The summed E-state index contributed by atoms with van der Waals surface area (Å²) in [7, 11) is 0. The molecule has 9 aliphatic rings. The second-order valence-electron chi connectivity index (χ2n) is 10.5. The summed E-state index contributed by atoms with van der Waals surface area (Å²) >= 11 is 0. The van der Waals surface area contributed by atoms with Crippen LogP contribution in [0.3, 0.4) is 0 Å². The Balaban J connectivity index is 1.55. The van der Waals surface area contributed by atoms with Crippen LogP contribution in [0.25, 0.3) is 0 Å². The number of nitrogens with zero attached hydrogens (tertiary/aromatic N) is 1. The molecule has 3 aliphatic heterocycles. The Hall–Kier alpha value is -0.380. The van der Waals surface area contributed by atoms with Crippen LogP contribution in [0.1, 0.15) is 39.0 Å². The molecule has 3 heteroatoms. The molecule has 3 nitrogen and oxygen atoms in total. The predicted octanol–water partition coefficient (Wildman–Crippen LogP) is 1.79. The van der Waals surface area contributed by atoms with E-state index in [9.17, 15) is 10.2 Å². The molecule has 2 N–H and O–H groups in total. The van der Waals surface area contributed by atoms with E-state index in [0.29, 0.717) is 34.7 Å². The first-order valence-electron chi connectivity index (χ1n) is 9.77. The summed E-state index contributed by atoms with van der Waals surface area (Å²) in [4.78, 5) is 2.88. The first-order valence-corrected chi connectivity index (χ1v) is 9.77. The highest BCUT2D eigenvalue weighted by molar-refractivity contribution is 5.43. The summed E-state index contributed by atoms with van der Waals surface area (Å²) in [6, 6.07) is 1.34. The van der Waals surface area contributed by atoms with E-state index in [0.717, 1.165) is 24.3 Å². The molecular weight excluding hydrogens is 286 g/mol. The highest BCUT2D eigenvalue weighted by Gasteiger charge is 2.89. The number of rotatable bonds is 0. The largest absolute Gasteiger partial charge is 0.392 e. The van der Waals surface area contributed by atoms with Gasteiger partial charge in [-0.15, -0.1) is 0 Å². The van der Waals surface area contributed by atoms with Crippen molar-refractivity contribution in [2.24, 2.45) is 39.9 Å². The van der Waals surface area contributed by atoms with Crippen molar-refractivity contribution in [1.82, 2.24) is 4.90 Å². The third kappa shape index (κ3) is 0.910. The van der Waals surface area contributed by atoms with Crippen LogP contribution in [0.15, 0.2) is 12.2 Å². The van der Waals surface area contributed by atoms with Gasteiger partial charge in [-0.05, 0) is 53.9 Å². The molecule has 6 aliphatic carbocycles. The predicted molar refractivity (Wildman–Crippen MR) is 85.5 cm³/mol. The van der Waals surface area contributed by atoms with Gasteiger partial charge in [0.15, 0.2) is 0 Å². The molecule has 0 radical (unpaired) electrons. The standard InChI is InChI=1S/C20H27NO2/c1-9-10-6-11-16-19-5-3-4-18(2)8-21(16)12(14(18)19)7-20(11,17(9)23)15(19)13(10)22/h10-17,22-23H,1,3-8H2,2H3/t10?,11?,12?,13?,14?,15?,16?,17?,18-,19-,20+/m0/s1. The van der Waals surface area contributed by atoms with E-state index in [1.807, 2.05) is 0 Å². The van der Waals surface area contributed by atoms with Gasteiger partial charge in [-0.3, -0.25) is 4.90 Å². The van der Waals surface area contributed by atoms with Gasteiger partial charge in [0, 0.05) is 35.9 Å². The highest BCUT2D eigenvalue weighted by atomic mass is 16.3. The highest BCUT2D eigenvalue weighted by Crippen LogP contribution is 2.86. The van der Waals surface area contributed by atoms with Gasteiger partial charge in [-0.2, -0.15) is 0 Å². The molecule has 0 aromatic rings. The van der Waals surface area contributed by atoms with Crippen LogP contribution in [0.4, 0.5) is 0 Å². The quantitative estimate of drug-likeness (QED) is 0.670. The maximum Gasteiger partial charge on any atom is 0.0815 e. The first kappa shape index (κ1) is 12.9. The molecule has 2 spiro atoms. The van der Waals surface area contributed by atoms with Gasteiger partial charge in [-0.25, -0.2) is 0 Å². The molecule has 9 rings (SSSR count). The van der Waals surface area contributed by atoms with Gasteiger partial charge >= 0.3 is 0 Å². The zero-order valence-electron chi connectivity index (χ0n) is 13.9. The molecule has 0 aromatic heterocycles. The number of hydrogen-bond donors (Lipinski definition) is 2. The summed E-state index contributed by atoms with van der Waals surface area (Å²) in [5.74, 6) is 1.90. The Morgan fingerprint density at radius 2 is 2.00 bits per heavy atom. The molecule has 124 valence electrons. The smallest absolute Gasteiger partial charge is 0.0815 e. The number of piperidine rings is 2. The fourth-order valence-electron chi connectivity index (χ4n) is 10.5. The minimum atomic E-state index is -0.349. The van der Waals surface area contributed by atoms with E-state index in [1.54, 1.807) is 0 Å². The van der Waals surface area contributed by atoms with E-state index < -0.39 is 0 Å². The summed E-state index contributed by atoms with van der Waals surface area (Å²) in [6.45, 7) is 8.04. The van der Waals surface area contributed by atoms with Crippen molar-refractivity contribution in [1.29, 1.82) is 0 Å². The zero-order chi connectivity index (χ0) is 15.5. The Labute approximate surface area is 137 Å². The molecule has 3 saturated heterocycles. The maximum absolute atomic E-state index is 11.3. The number of aliphatic hydroxyl groups is 2. The molecule has 0 amide bonds. The second kappa shape index (κ2) is 3.20. The average molecular weight is 313 g/mol. The molecule has 9 bridgehead atoms. The van der Waals surface area contributed by atoms with Crippen molar-refractivity contribution in [3.63, 3.8) is 0 Å². The molecule has 6 saturated carbocycles. The fraction of sp³-hybridized carbons (Fsp3) is 0.900. The van der Waals surface area contributed by atoms with Gasteiger partial charge in [0.1, 0.15) is 0 Å². The van der Waals surface area contributed by atoms with E-state index in [4.69, 9.17) is 0 Å². The maximum atomic E-state index is 11.3. The first-order chi connectivity index (χ1) is 11.0. The molecule has 0 aromatic carbocycles. The van der Waals surface area contributed by atoms with E-state index >= 15 is 0 Å². The molecule has 23 heavy (non-hydrogen) atoms. The summed E-state index contributed by atoms with van der Waals surface area (Å²) in [5, 5.41) is 22.6. The van der Waals surface area contributed by atoms with Crippen LogP contribution >= 0.6 is 0 Å². The van der Waals surface area contributed by atoms with E-state index in [2.05, 4.69) is 18.4 Å². The van der Waals surface area contributed by atoms with E-state index in [1.165, 1.54) is 25.8 Å². The Morgan fingerprint density at radius 1 is 1.17 bits per heavy atom. The molecule has 12 atom stereocenters. The molecular formula is C20H27NO2. The van der Waals surface area contributed by atoms with E-state index in [-0.39, 0.29) is 23.5 Å². The Kier molecular flexibility index (Phi) is 1.79. The van der Waals surface area contributed by atoms with Gasteiger partial charge < -0.3 is 10.2 Å². The minimum absolute atomic E-state index is 0.0316. The topological polar surface area (TPSA) is 43.7 Å². The van der Waals surface area contributed by atoms with Crippen molar-refractivity contribution in [3.05, 3.63) is 12.2 Å². The summed E-state index contributed by atoms with van der Waals surface area (Å²) in [5.41, 5.74) is 1.72. The molecule has 3 heterocycles. The number of fused-ring (bicyclic) bond motifs is 1. The van der Waals surface area contributed by atoms with Gasteiger partial charge in [0.25, 0.3) is 0 Å². The van der Waals surface area contributed by atoms with Gasteiger partial charge in [-0.1, -0.05) is 19.9 Å². The van der Waals surface area contributed by atoms with Crippen molar-refractivity contribution in [2.45, 2.75) is 63.3 Å².